The lowest BCUT2D eigenvalue weighted by molar-refractivity contribution is -0.126. The minimum Gasteiger partial charge on any atom is -0.321 e. The number of para-hydroxylation sites is 1. The van der Waals surface area contributed by atoms with E-state index in [-0.39, 0.29) is 11.6 Å². The first-order valence-electron chi connectivity index (χ1n) is 6.55. The van der Waals surface area contributed by atoms with E-state index in [1.54, 1.807) is 0 Å². The average molecular weight is 268 g/mol. The van der Waals surface area contributed by atoms with Gasteiger partial charge in [-0.2, -0.15) is 0 Å². The number of rotatable bonds is 3. The van der Waals surface area contributed by atoms with Crippen molar-refractivity contribution in [2.75, 3.05) is 18.4 Å². The standard InChI is InChI=1S/C14H18F2N2O/c1-2-14(7-4-8-17-9-14)13(19)18-12-10(15)5-3-6-11(12)16/h3,5-6,17H,2,4,7-9H2,1H3,(H,18,19). The molecule has 1 fully saturated rings. The van der Waals surface area contributed by atoms with Crippen molar-refractivity contribution in [3.05, 3.63) is 29.8 Å². The minimum atomic E-state index is -0.747. The highest BCUT2D eigenvalue weighted by Gasteiger charge is 2.38. The van der Waals surface area contributed by atoms with Gasteiger partial charge in [0, 0.05) is 6.54 Å². The average Bonchev–Trinajstić information content (AvgIpc) is 2.43. The van der Waals surface area contributed by atoms with Crippen molar-refractivity contribution in [1.82, 2.24) is 5.32 Å². The van der Waals surface area contributed by atoms with Crippen LogP contribution < -0.4 is 10.6 Å². The molecule has 2 rings (SSSR count). The van der Waals surface area contributed by atoms with Crippen molar-refractivity contribution in [2.45, 2.75) is 26.2 Å². The summed E-state index contributed by atoms with van der Waals surface area (Å²) < 4.78 is 27.1. The van der Waals surface area contributed by atoms with E-state index >= 15 is 0 Å². The zero-order valence-corrected chi connectivity index (χ0v) is 10.9. The monoisotopic (exact) mass is 268 g/mol. The molecule has 5 heteroatoms. The molecule has 1 atom stereocenters. The third-order valence-corrected chi connectivity index (χ3v) is 3.83. The van der Waals surface area contributed by atoms with Gasteiger partial charge in [-0.25, -0.2) is 8.78 Å². The fourth-order valence-corrected chi connectivity index (χ4v) is 2.49. The molecule has 0 spiro atoms. The van der Waals surface area contributed by atoms with Gasteiger partial charge >= 0.3 is 0 Å². The van der Waals surface area contributed by atoms with Crippen LogP contribution in [0.2, 0.25) is 0 Å². The summed E-state index contributed by atoms with van der Waals surface area (Å²) in [5.41, 5.74) is -0.932. The van der Waals surface area contributed by atoms with Crippen molar-refractivity contribution in [3.63, 3.8) is 0 Å². The molecule has 0 saturated carbocycles. The number of anilines is 1. The number of carbonyl (C=O) groups excluding carboxylic acids is 1. The van der Waals surface area contributed by atoms with Gasteiger partial charge in [-0.05, 0) is 37.9 Å². The maximum Gasteiger partial charge on any atom is 0.232 e. The summed E-state index contributed by atoms with van der Waals surface area (Å²) in [5, 5.41) is 5.59. The van der Waals surface area contributed by atoms with Gasteiger partial charge < -0.3 is 10.6 Å². The van der Waals surface area contributed by atoms with Gasteiger partial charge in [0.1, 0.15) is 17.3 Å². The minimum absolute atomic E-state index is 0.314. The predicted octanol–water partition coefficient (Wildman–Crippen LogP) is 2.68. The Balaban J connectivity index is 2.20. The van der Waals surface area contributed by atoms with Crippen LogP contribution in [0, 0.1) is 17.0 Å². The Kier molecular flexibility index (Phi) is 4.14. The van der Waals surface area contributed by atoms with Crippen molar-refractivity contribution in [3.8, 4) is 0 Å². The molecule has 1 aliphatic heterocycles. The van der Waals surface area contributed by atoms with Crippen LogP contribution in [0.5, 0.6) is 0 Å². The van der Waals surface area contributed by atoms with E-state index in [4.69, 9.17) is 0 Å². The highest BCUT2D eigenvalue weighted by atomic mass is 19.1. The van der Waals surface area contributed by atoms with Crippen LogP contribution in [-0.2, 0) is 4.79 Å². The van der Waals surface area contributed by atoms with Crippen LogP contribution in [0.25, 0.3) is 0 Å². The number of nitrogens with one attached hydrogen (secondary N) is 2. The quantitative estimate of drug-likeness (QED) is 0.885. The van der Waals surface area contributed by atoms with Gasteiger partial charge in [-0.3, -0.25) is 4.79 Å². The summed E-state index contributed by atoms with van der Waals surface area (Å²) in [6.07, 6.45) is 2.27. The van der Waals surface area contributed by atoms with Gasteiger partial charge in [0.05, 0.1) is 5.41 Å². The molecule has 1 aromatic rings. The van der Waals surface area contributed by atoms with Gasteiger partial charge in [0.15, 0.2) is 0 Å². The Bertz CT molecular complexity index is 450. The molecule has 1 aromatic carbocycles. The summed E-state index contributed by atoms with van der Waals surface area (Å²) in [4.78, 5) is 12.3. The van der Waals surface area contributed by atoms with E-state index in [2.05, 4.69) is 10.6 Å². The molecule has 1 heterocycles. The fraction of sp³-hybridized carbons (Fsp3) is 0.500. The Labute approximate surface area is 111 Å². The van der Waals surface area contributed by atoms with Crippen LogP contribution in [0.4, 0.5) is 14.5 Å². The summed E-state index contributed by atoms with van der Waals surface area (Å²) >= 11 is 0. The largest absolute Gasteiger partial charge is 0.321 e. The first-order chi connectivity index (χ1) is 9.09. The first kappa shape index (κ1) is 13.9. The summed E-state index contributed by atoms with van der Waals surface area (Å²) in [6.45, 7) is 3.35. The summed E-state index contributed by atoms with van der Waals surface area (Å²) in [6, 6.07) is 3.55. The number of amides is 1. The number of hydrogen-bond donors (Lipinski definition) is 2. The molecule has 1 amide bonds. The van der Waals surface area contributed by atoms with E-state index in [0.717, 1.165) is 31.5 Å². The van der Waals surface area contributed by atoms with Gasteiger partial charge in [0.25, 0.3) is 0 Å². The maximum atomic E-state index is 13.5. The molecule has 1 unspecified atom stereocenters. The lowest BCUT2D eigenvalue weighted by Gasteiger charge is -2.35. The number of halogens is 2. The van der Waals surface area contributed by atoms with Crippen LogP contribution in [-0.4, -0.2) is 19.0 Å². The predicted molar refractivity (Wildman–Crippen MR) is 69.8 cm³/mol. The van der Waals surface area contributed by atoms with E-state index < -0.39 is 17.0 Å². The Morgan fingerprint density at radius 3 is 2.63 bits per heavy atom. The molecular weight excluding hydrogens is 250 g/mol. The molecule has 104 valence electrons. The molecule has 3 nitrogen and oxygen atoms in total. The molecule has 1 saturated heterocycles. The molecular formula is C14H18F2N2O. The molecule has 0 radical (unpaired) electrons. The lowest BCUT2D eigenvalue weighted by Crippen LogP contribution is -2.47. The second kappa shape index (κ2) is 5.65. The highest BCUT2D eigenvalue weighted by Crippen LogP contribution is 2.32. The Hall–Kier alpha value is -1.49. The molecule has 0 aromatic heterocycles. The third-order valence-electron chi connectivity index (χ3n) is 3.83. The summed E-state index contributed by atoms with van der Waals surface area (Å²) in [7, 11) is 0. The number of piperidine rings is 1. The maximum absolute atomic E-state index is 13.5. The van der Waals surface area contributed by atoms with Crippen molar-refractivity contribution >= 4 is 11.6 Å². The normalized spacial score (nSPS) is 23.1. The molecule has 19 heavy (non-hydrogen) atoms. The Morgan fingerprint density at radius 1 is 1.42 bits per heavy atom. The number of carbonyl (C=O) groups is 1. The van der Waals surface area contributed by atoms with E-state index in [1.807, 2.05) is 6.92 Å². The van der Waals surface area contributed by atoms with Crippen molar-refractivity contribution in [1.29, 1.82) is 0 Å². The Morgan fingerprint density at radius 2 is 2.11 bits per heavy atom. The smallest absolute Gasteiger partial charge is 0.232 e. The van der Waals surface area contributed by atoms with Crippen LogP contribution in [0.1, 0.15) is 26.2 Å². The van der Waals surface area contributed by atoms with Crippen molar-refractivity contribution in [2.24, 2.45) is 5.41 Å². The van der Waals surface area contributed by atoms with Crippen molar-refractivity contribution < 1.29 is 13.6 Å². The molecule has 1 aliphatic rings. The molecule has 0 bridgehead atoms. The lowest BCUT2D eigenvalue weighted by atomic mass is 9.77. The topological polar surface area (TPSA) is 41.1 Å². The second-order valence-electron chi connectivity index (χ2n) is 4.96. The SMILES string of the molecule is CCC1(C(=O)Nc2c(F)cccc2F)CCCNC1. The van der Waals surface area contributed by atoms with Crippen LogP contribution in [0.3, 0.4) is 0 Å². The van der Waals surface area contributed by atoms with E-state index in [9.17, 15) is 13.6 Å². The third kappa shape index (κ3) is 2.76. The molecule has 0 aliphatic carbocycles. The van der Waals surface area contributed by atoms with Gasteiger partial charge in [-0.1, -0.05) is 13.0 Å². The van der Waals surface area contributed by atoms with Crippen LogP contribution in [0.15, 0.2) is 18.2 Å². The fourth-order valence-electron chi connectivity index (χ4n) is 2.49. The highest BCUT2D eigenvalue weighted by molar-refractivity contribution is 5.95. The zero-order chi connectivity index (χ0) is 13.9. The van der Waals surface area contributed by atoms with Gasteiger partial charge in [0.2, 0.25) is 5.91 Å². The first-order valence-corrected chi connectivity index (χ1v) is 6.55. The second-order valence-corrected chi connectivity index (χ2v) is 4.96. The number of hydrogen-bond acceptors (Lipinski definition) is 2. The molecule has 2 N–H and O–H groups in total. The zero-order valence-electron chi connectivity index (χ0n) is 10.9. The summed E-state index contributed by atoms with van der Waals surface area (Å²) in [5.74, 6) is -1.81. The number of benzene rings is 1. The van der Waals surface area contributed by atoms with Crippen LogP contribution >= 0.6 is 0 Å². The van der Waals surface area contributed by atoms with Gasteiger partial charge in [-0.15, -0.1) is 0 Å². The van der Waals surface area contributed by atoms with E-state index in [0.29, 0.717) is 13.0 Å². The van der Waals surface area contributed by atoms with E-state index in [1.165, 1.54) is 6.07 Å².